The molecule has 0 saturated heterocycles. The molecule has 1 heterocycles. The molecule has 0 bridgehead atoms. The number of hydrogen-bond acceptors (Lipinski definition) is 4. The van der Waals surface area contributed by atoms with Gasteiger partial charge in [0.05, 0.1) is 10.9 Å². The van der Waals surface area contributed by atoms with Crippen molar-refractivity contribution in [3.05, 3.63) is 63.4 Å². The molecule has 0 radical (unpaired) electrons. The number of aromatic nitrogens is 2. The van der Waals surface area contributed by atoms with Crippen LogP contribution in [0.4, 0.5) is 11.6 Å². The number of aromatic amines is 1. The van der Waals surface area contributed by atoms with Crippen LogP contribution >= 0.6 is 11.6 Å². The van der Waals surface area contributed by atoms with Crippen molar-refractivity contribution < 1.29 is 0 Å². The second-order valence-electron chi connectivity index (χ2n) is 4.67. The Labute approximate surface area is 125 Å². The molecule has 5 nitrogen and oxygen atoms in total. The highest BCUT2D eigenvalue weighted by Crippen LogP contribution is 2.14. The van der Waals surface area contributed by atoms with Gasteiger partial charge in [-0.3, -0.25) is 9.78 Å². The smallest absolute Gasteiger partial charge is 0.260 e. The topological polar surface area (TPSA) is 83.8 Å². The highest BCUT2D eigenvalue weighted by atomic mass is 35.5. The number of halogens is 1. The van der Waals surface area contributed by atoms with Gasteiger partial charge >= 0.3 is 0 Å². The van der Waals surface area contributed by atoms with Gasteiger partial charge in [-0.1, -0.05) is 23.7 Å². The van der Waals surface area contributed by atoms with Crippen LogP contribution in [0.15, 0.2) is 47.3 Å². The lowest BCUT2D eigenvalue weighted by Gasteiger charge is -2.07. The van der Waals surface area contributed by atoms with E-state index < -0.39 is 0 Å². The van der Waals surface area contributed by atoms with Crippen LogP contribution in [0.5, 0.6) is 0 Å². The van der Waals surface area contributed by atoms with Gasteiger partial charge in [-0.05, 0) is 35.9 Å². The summed E-state index contributed by atoms with van der Waals surface area (Å²) in [4.78, 5) is 19.1. The minimum absolute atomic E-state index is 0.217. The number of anilines is 2. The lowest BCUT2D eigenvalue weighted by Crippen LogP contribution is -2.13. The van der Waals surface area contributed by atoms with Crippen molar-refractivity contribution in [2.24, 2.45) is 0 Å². The molecule has 0 saturated carbocycles. The molecule has 4 N–H and O–H groups in total. The first-order chi connectivity index (χ1) is 10.1. The lowest BCUT2D eigenvalue weighted by atomic mass is 10.2. The first kappa shape index (κ1) is 13.5. The monoisotopic (exact) mass is 300 g/mol. The first-order valence-corrected chi connectivity index (χ1v) is 6.77. The molecule has 0 aliphatic heterocycles. The van der Waals surface area contributed by atoms with Gasteiger partial charge in [0.2, 0.25) is 5.95 Å². The molecule has 1 aromatic heterocycles. The highest BCUT2D eigenvalue weighted by Gasteiger charge is 2.04. The first-order valence-electron chi connectivity index (χ1n) is 6.40. The summed E-state index contributed by atoms with van der Waals surface area (Å²) < 4.78 is 0. The van der Waals surface area contributed by atoms with E-state index in [0.29, 0.717) is 34.1 Å². The van der Waals surface area contributed by atoms with Crippen molar-refractivity contribution >= 4 is 34.1 Å². The van der Waals surface area contributed by atoms with Crippen molar-refractivity contribution in [3.63, 3.8) is 0 Å². The minimum atomic E-state index is -0.217. The van der Waals surface area contributed by atoms with E-state index in [9.17, 15) is 4.79 Å². The Kier molecular flexibility index (Phi) is 3.50. The zero-order valence-corrected chi connectivity index (χ0v) is 11.8. The van der Waals surface area contributed by atoms with Gasteiger partial charge in [0.15, 0.2) is 0 Å². The van der Waals surface area contributed by atoms with E-state index in [0.717, 1.165) is 5.56 Å². The number of nitrogens with two attached hydrogens (primary N) is 1. The third-order valence-corrected chi connectivity index (χ3v) is 3.35. The molecule has 0 aliphatic rings. The van der Waals surface area contributed by atoms with Crippen LogP contribution < -0.4 is 16.6 Å². The number of H-pyrrole nitrogens is 1. The molecule has 3 aromatic rings. The van der Waals surface area contributed by atoms with E-state index in [-0.39, 0.29) is 5.56 Å². The van der Waals surface area contributed by atoms with Crippen LogP contribution in [0.2, 0.25) is 5.02 Å². The Morgan fingerprint density at radius 2 is 1.95 bits per heavy atom. The van der Waals surface area contributed by atoms with Crippen LogP contribution in [0, 0.1) is 0 Å². The fourth-order valence-corrected chi connectivity index (χ4v) is 2.15. The number of rotatable bonds is 3. The highest BCUT2D eigenvalue weighted by molar-refractivity contribution is 6.30. The summed E-state index contributed by atoms with van der Waals surface area (Å²) in [6, 6.07) is 12.5. The molecular formula is C15H13ClN4O. The molecule has 0 aliphatic carbocycles. The number of nitrogen functional groups attached to an aromatic ring is 1. The van der Waals surface area contributed by atoms with Crippen molar-refractivity contribution in [2.45, 2.75) is 6.54 Å². The fourth-order valence-electron chi connectivity index (χ4n) is 2.03. The zero-order chi connectivity index (χ0) is 14.8. The summed E-state index contributed by atoms with van der Waals surface area (Å²) in [6.07, 6.45) is 0. The Morgan fingerprint density at radius 3 is 2.71 bits per heavy atom. The molecule has 0 atom stereocenters. The average Bonchev–Trinajstić information content (AvgIpc) is 2.47. The quantitative estimate of drug-likeness (QED) is 0.649. The van der Waals surface area contributed by atoms with E-state index >= 15 is 0 Å². The normalized spacial score (nSPS) is 10.7. The van der Waals surface area contributed by atoms with Gasteiger partial charge in [-0.25, -0.2) is 4.98 Å². The Balaban J connectivity index is 1.86. The number of fused-ring (bicyclic) bond motifs is 1. The minimum Gasteiger partial charge on any atom is -0.399 e. The summed E-state index contributed by atoms with van der Waals surface area (Å²) >= 11 is 5.84. The van der Waals surface area contributed by atoms with Crippen LogP contribution in [-0.2, 0) is 6.54 Å². The van der Waals surface area contributed by atoms with E-state index in [1.165, 1.54) is 0 Å². The number of nitrogens with zero attached hydrogens (tertiary/aromatic N) is 1. The largest absolute Gasteiger partial charge is 0.399 e. The number of nitrogens with one attached hydrogen (secondary N) is 2. The van der Waals surface area contributed by atoms with Crippen LogP contribution in [0.3, 0.4) is 0 Å². The van der Waals surface area contributed by atoms with Crippen molar-refractivity contribution in [3.8, 4) is 0 Å². The van der Waals surface area contributed by atoms with Crippen molar-refractivity contribution in [1.82, 2.24) is 9.97 Å². The maximum absolute atomic E-state index is 12.0. The van der Waals surface area contributed by atoms with Crippen LogP contribution in [0.25, 0.3) is 10.9 Å². The van der Waals surface area contributed by atoms with Crippen LogP contribution in [-0.4, -0.2) is 9.97 Å². The molecule has 106 valence electrons. The molecule has 0 amide bonds. The van der Waals surface area contributed by atoms with Gasteiger partial charge < -0.3 is 11.1 Å². The molecular weight excluding hydrogens is 288 g/mol. The van der Waals surface area contributed by atoms with Gasteiger partial charge in [-0.15, -0.1) is 0 Å². The second kappa shape index (κ2) is 5.46. The standard InChI is InChI=1S/C15H13ClN4O/c16-10-3-1-9(2-4-10)8-18-15-19-13-6-5-11(17)7-12(13)14(21)20-15/h1-7H,8,17H2,(H2,18,19,20,21). The molecule has 0 unspecified atom stereocenters. The molecule has 2 aromatic carbocycles. The molecule has 0 spiro atoms. The van der Waals surface area contributed by atoms with E-state index in [4.69, 9.17) is 17.3 Å². The maximum Gasteiger partial charge on any atom is 0.260 e. The second-order valence-corrected chi connectivity index (χ2v) is 5.11. The Morgan fingerprint density at radius 1 is 1.19 bits per heavy atom. The average molecular weight is 301 g/mol. The zero-order valence-electron chi connectivity index (χ0n) is 11.1. The predicted molar refractivity (Wildman–Crippen MR) is 85.6 cm³/mol. The summed E-state index contributed by atoms with van der Waals surface area (Å²) in [5.74, 6) is 0.423. The lowest BCUT2D eigenvalue weighted by molar-refractivity contribution is 1.06. The van der Waals surface area contributed by atoms with Gasteiger partial charge in [0.1, 0.15) is 0 Å². The summed E-state index contributed by atoms with van der Waals surface area (Å²) in [7, 11) is 0. The van der Waals surface area contributed by atoms with E-state index in [2.05, 4.69) is 15.3 Å². The van der Waals surface area contributed by atoms with Gasteiger partial charge in [0, 0.05) is 17.3 Å². The third kappa shape index (κ3) is 2.98. The van der Waals surface area contributed by atoms with E-state index in [1.54, 1.807) is 18.2 Å². The number of hydrogen-bond donors (Lipinski definition) is 3. The SMILES string of the molecule is Nc1ccc2nc(NCc3ccc(Cl)cc3)[nH]c(=O)c2c1. The third-order valence-electron chi connectivity index (χ3n) is 3.10. The summed E-state index contributed by atoms with van der Waals surface area (Å²) in [5, 5.41) is 4.25. The summed E-state index contributed by atoms with van der Waals surface area (Å²) in [5.41, 5.74) is 7.64. The van der Waals surface area contributed by atoms with Crippen molar-refractivity contribution in [2.75, 3.05) is 11.1 Å². The maximum atomic E-state index is 12.0. The molecule has 21 heavy (non-hydrogen) atoms. The molecule has 0 fully saturated rings. The Bertz CT molecular complexity index is 842. The number of benzene rings is 2. The van der Waals surface area contributed by atoms with Crippen molar-refractivity contribution in [1.29, 1.82) is 0 Å². The van der Waals surface area contributed by atoms with E-state index in [1.807, 2.05) is 24.3 Å². The van der Waals surface area contributed by atoms with Crippen LogP contribution in [0.1, 0.15) is 5.56 Å². The van der Waals surface area contributed by atoms with Gasteiger partial charge in [0.25, 0.3) is 5.56 Å². The fraction of sp³-hybridized carbons (Fsp3) is 0.0667. The molecule has 3 rings (SSSR count). The molecule has 6 heteroatoms. The summed E-state index contributed by atoms with van der Waals surface area (Å²) in [6.45, 7) is 0.542. The Hall–Kier alpha value is -2.53. The predicted octanol–water partition coefficient (Wildman–Crippen LogP) is 2.77. The van der Waals surface area contributed by atoms with Gasteiger partial charge in [-0.2, -0.15) is 0 Å².